The fraction of sp³-hybridized carbons (Fsp3) is 0.545. The molecule has 0 aromatic carbocycles. The maximum atomic E-state index is 11.8. The minimum Gasteiger partial charge on any atom is -0.394 e. The maximum Gasteiger partial charge on any atom is 0.330 e. The maximum absolute atomic E-state index is 11.8. The number of hydrogen-bond acceptors (Lipinski definition) is 5. The number of rotatable bonds is 4. The molecular formula is C11H15N3O4S. The molecule has 2 rings (SSSR count). The number of aliphatic hydroxyl groups excluding tert-OH is 1. The van der Waals surface area contributed by atoms with Gasteiger partial charge in [-0.2, -0.15) is 0 Å². The Labute approximate surface area is 114 Å². The molecule has 2 heterocycles. The van der Waals surface area contributed by atoms with Crippen LogP contribution in [0.3, 0.4) is 0 Å². The summed E-state index contributed by atoms with van der Waals surface area (Å²) in [5.74, 6) is 0. The van der Waals surface area contributed by atoms with Crippen LogP contribution >= 0.6 is 12.2 Å². The fourth-order valence-electron chi connectivity index (χ4n) is 2.13. The summed E-state index contributed by atoms with van der Waals surface area (Å²) in [5.41, 5.74) is 0.849. The standard InChI is InChI=1S/C11H15N3O4S/c1-6-3-14(11(17)13-10(6)16)9-2-7(12-5-19)8(4-15)18-9/h3,5,7-9,15H,2,4H2,1H3,(H,12,19)(H,13,16,17)/t7-,8-,9-/m1/s1. The number of aromatic amines is 1. The molecule has 3 N–H and O–H groups in total. The number of aliphatic hydroxyl groups is 1. The summed E-state index contributed by atoms with van der Waals surface area (Å²) in [6, 6.07) is -0.161. The monoisotopic (exact) mass is 285 g/mol. The Morgan fingerprint density at radius 2 is 2.42 bits per heavy atom. The molecule has 0 bridgehead atoms. The van der Waals surface area contributed by atoms with Crippen molar-refractivity contribution in [3.05, 3.63) is 32.6 Å². The summed E-state index contributed by atoms with van der Waals surface area (Å²) >= 11 is 4.72. The molecule has 7 nitrogen and oxygen atoms in total. The van der Waals surface area contributed by atoms with Crippen LogP contribution in [0.4, 0.5) is 0 Å². The number of aromatic nitrogens is 2. The summed E-state index contributed by atoms with van der Waals surface area (Å²) in [5, 5.41) is 12.1. The van der Waals surface area contributed by atoms with E-state index in [1.807, 2.05) is 0 Å². The second kappa shape index (κ2) is 5.64. The van der Waals surface area contributed by atoms with Gasteiger partial charge in [-0.25, -0.2) is 4.79 Å². The Morgan fingerprint density at radius 3 is 3.05 bits per heavy atom. The Bertz CT molecular complexity index is 582. The van der Waals surface area contributed by atoms with Crippen LogP contribution < -0.4 is 16.6 Å². The molecule has 1 aliphatic rings. The van der Waals surface area contributed by atoms with Crippen LogP contribution in [0.2, 0.25) is 0 Å². The van der Waals surface area contributed by atoms with Gasteiger partial charge in [0.15, 0.2) is 0 Å². The number of thiocarbonyl (C=S) groups is 1. The first-order chi connectivity index (χ1) is 9.06. The summed E-state index contributed by atoms with van der Waals surface area (Å²) in [4.78, 5) is 25.3. The van der Waals surface area contributed by atoms with E-state index in [0.717, 1.165) is 0 Å². The highest BCUT2D eigenvalue weighted by Crippen LogP contribution is 2.27. The lowest BCUT2D eigenvalue weighted by molar-refractivity contribution is -0.0280. The first-order valence-electron chi connectivity index (χ1n) is 5.85. The number of nitrogens with zero attached hydrogens (tertiary/aromatic N) is 1. The summed E-state index contributed by atoms with van der Waals surface area (Å²) in [7, 11) is 0. The van der Waals surface area contributed by atoms with Crippen LogP contribution in [-0.4, -0.2) is 38.9 Å². The zero-order valence-corrected chi connectivity index (χ0v) is 11.1. The Morgan fingerprint density at radius 1 is 1.68 bits per heavy atom. The second-order valence-corrected chi connectivity index (χ2v) is 4.65. The zero-order chi connectivity index (χ0) is 14.0. The van der Waals surface area contributed by atoms with E-state index >= 15 is 0 Å². The molecule has 1 fully saturated rings. The van der Waals surface area contributed by atoms with Crippen molar-refractivity contribution in [3.63, 3.8) is 0 Å². The molecule has 3 atom stereocenters. The lowest BCUT2D eigenvalue weighted by Gasteiger charge is -2.15. The van der Waals surface area contributed by atoms with E-state index in [-0.39, 0.29) is 12.6 Å². The van der Waals surface area contributed by atoms with Crippen LogP contribution in [0.1, 0.15) is 18.2 Å². The molecule has 19 heavy (non-hydrogen) atoms. The normalized spacial score (nSPS) is 26.3. The van der Waals surface area contributed by atoms with Crippen molar-refractivity contribution >= 4 is 17.7 Å². The molecule has 0 spiro atoms. The lowest BCUT2D eigenvalue weighted by atomic mass is 10.1. The van der Waals surface area contributed by atoms with Crippen LogP contribution in [-0.2, 0) is 4.74 Å². The third kappa shape index (κ3) is 2.75. The molecule has 0 radical (unpaired) electrons. The third-order valence-corrected chi connectivity index (χ3v) is 3.29. The summed E-state index contributed by atoms with van der Waals surface area (Å²) in [6.45, 7) is 1.44. The third-order valence-electron chi connectivity index (χ3n) is 3.15. The minimum absolute atomic E-state index is 0.161. The first kappa shape index (κ1) is 13.9. The van der Waals surface area contributed by atoms with E-state index < -0.39 is 23.6 Å². The first-order valence-corrected chi connectivity index (χ1v) is 6.32. The predicted octanol–water partition coefficient (Wildman–Crippen LogP) is -0.960. The van der Waals surface area contributed by atoms with Gasteiger partial charge >= 0.3 is 5.69 Å². The van der Waals surface area contributed by atoms with Crippen molar-refractivity contribution in [2.24, 2.45) is 0 Å². The summed E-state index contributed by atoms with van der Waals surface area (Å²) < 4.78 is 6.92. The van der Waals surface area contributed by atoms with Crippen molar-refractivity contribution in [3.8, 4) is 0 Å². The number of H-pyrrole nitrogens is 1. The van der Waals surface area contributed by atoms with E-state index in [1.54, 1.807) is 6.92 Å². The molecule has 0 aliphatic carbocycles. The van der Waals surface area contributed by atoms with Crippen molar-refractivity contribution in [2.45, 2.75) is 31.7 Å². The highest BCUT2D eigenvalue weighted by atomic mass is 32.1. The molecule has 0 unspecified atom stereocenters. The van der Waals surface area contributed by atoms with Crippen molar-refractivity contribution in [2.75, 3.05) is 6.61 Å². The van der Waals surface area contributed by atoms with Crippen LogP contribution in [0.15, 0.2) is 15.8 Å². The largest absolute Gasteiger partial charge is 0.394 e. The molecule has 104 valence electrons. The van der Waals surface area contributed by atoms with E-state index in [2.05, 4.69) is 10.3 Å². The van der Waals surface area contributed by atoms with Gasteiger partial charge in [0, 0.05) is 18.2 Å². The van der Waals surface area contributed by atoms with Crippen LogP contribution in [0.5, 0.6) is 0 Å². The van der Waals surface area contributed by atoms with E-state index in [0.29, 0.717) is 12.0 Å². The molecule has 0 saturated carbocycles. The molecule has 8 heteroatoms. The molecule has 1 aromatic rings. The molecule has 1 aromatic heterocycles. The minimum atomic E-state index is -0.535. The van der Waals surface area contributed by atoms with Gasteiger partial charge in [0.1, 0.15) is 12.3 Å². The average molecular weight is 285 g/mol. The van der Waals surface area contributed by atoms with E-state index in [1.165, 1.54) is 16.3 Å². The fourth-order valence-corrected chi connectivity index (χ4v) is 2.31. The smallest absolute Gasteiger partial charge is 0.330 e. The highest BCUT2D eigenvalue weighted by Gasteiger charge is 2.35. The highest BCUT2D eigenvalue weighted by molar-refractivity contribution is 7.78. The number of hydrogen-bond donors (Lipinski definition) is 3. The van der Waals surface area contributed by atoms with Gasteiger partial charge in [0.05, 0.1) is 18.1 Å². The average Bonchev–Trinajstić information content (AvgIpc) is 2.77. The number of aryl methyl sites for hydroxylation is 1. The van der Waals surface area contributed by atoms with Gasteiger partial charge in [-0.3, -0.25) is 14.3 Å². The SMILES string of the molecule is Cc1cn([C@H]2C[C@@H](NC=S)[C@@H](CO)O2)c(=O)[nH]c1=O. The van der Waals surface area contributed by atoms with Gasteiger partial charge in [-0.15, -0.1) is 0 Å². The van der Waals surface area contributed by atoms with Crippen molar-refractivity contribution < 1.29 is 9.84 Å². The van der Waals surface area contributed by atoms with Crippen molar-refractivity contribution in [1.82, 2.24) is 14.9 Å². The van der Waals surface area contributed by atoms with Gasteiger partial charge < -0.3 is 15.2 Å². The topological polar surface area (TPSA) is 96.3 Å². The van der Waals surface area contributed by atoms with Gasteiger partial charge in [0.25, 0.3) is 5.56 Å². The van der Waals surface area contributed by atoms with Gasteiger partial charge in [-0.05, 0) is 6.92 Å². The lowest BCUT2D eigenvalue weighted by Crippen LogP contribution is -2.37. The van der Waals surface area contributed by atoms with Gasteiger partial charge in [0.2, 0.25) is 0 Å². The molecule has 0 amide bonds. The predicted molar refractivity (Wildman–Crippen MR) is 72.3 cm³/mol. The van der Waals surface area contributed by atoms with E-state index in [9.17, 15) is 14.7 Å². The Balaban J connectivity index is 2.29. The van der Waals surface area contributed by atoms with Gasteiger partial charge in [-0.1, -0.05) is 12.2 Å². The van der Waals surface area contributed by atoms with Crippen molar-refractivity contribution in [1.29, 1.82) is 0 Å². The summed E-state index contributed by atoms with van der Waals surface area (Å²) in [6.07, 6.45) is 0.958. The molecule has 1 aliphatic heterocycles. The van der Waals surface area contributed by atoms with E-state index in [4.69, 9.17) is 17.0 Å². The van der Waals surface area contributed by atoms with Crippen LogP contribution in [0.25, 0.3) is 0 Å². The number of ether oxygens (including phenoxy) is 1. The Kier molecular flexibility index (Phi) is 4.13. The number of nitrogens with one attached hydrogen (secondary N) is 2. The van der Waals surface area contributed by atoms with Crippen LogP contribution in [0, 0.1) is 6.92 Å². The second-order valence-electron chi connectivity index (χ2n) is 4.42. The Hall–Kier alpha value is -1.51. The molecule has 1 saturated heterocycles. The zero-order valence-electron chi connectivity index (χ0n) is 10.3. The molecular weight excluding hydrogens is 270 g/mol. The quantitative estimate of drug-likeness (QED) is 0.617.